The zero-order valence-electron chi connectivity index (χ0n) is 11.9. The summed E-state index contributed by atoms with van der Waals surface area (Å²) in [6.07, 6.45) is 4.82. The first kappa shape index (κ1) is 14.8. The molecule has 2 aromatic heterocycles. The summed E-state index contributed by atoms with van der Waals surface area (Å²) in [7, 11) is 1.39. The average Bonchev–Trinajstić information content (AvgIpc) is 2.97. The van der Waals surface area contributed by atoms with Crippen LogP contribution in [0.25, 0.3) is 0 Å². The van der Waals surface area contributed by atoms with Gasteiger partial charge in [0, 0.05) is 25.5 Å². The molecule has 1 atom stereocenters. The molecule has 0 bridgehead atoms. The lowest BCUT2D eigenvalue weighted by atomic mass is 10.2. The maximum absolute atomic E-state index is 11.1. The van der Waals surface area contributed by atoms with Crippen molar-refractivity contribution in [2.24, 2.45) is 5.92 Å². The maximum atomic E-state index is 11.1. The van der Waals surface area contributed by atoms with Crippen LogP contribution in [0.3, 0.4) is 0 Å². The molecular formula is C13H17N5O3. The van der Waals surface area contributed by atoms with Crippen LogP contribution in [-0.2, 0) is 6.54 Å². The normalized spacial score (nSPS) is 11.9. The van der Waals surface area contributed by atoms with E-state index in [4.69, 9.17) is 9.84 Å². The van der Waals surface area contributed by atoms with Crippen LogP contribution >= 0.6 is 0 Å². The molecule has 1 unspecified atom stereocenters. The molecule has 0 saturated heterocycles. The summed E-state index contributed by atoms with van der Waals surface area (Å²) < 4.78 is 6.93. The van der Waals surface area contributed by atoms with Gasteiger partial charge in [-0.05, 0) is 12.0 Å². The third kappa shape index (κ3) is 3.68. The third-order valence-electron chi connectivity index (χ3n) is 2.89. The highest BCUT2D eigenvalue weighted by molar-refractivity contribution is 5.90. The number of nitrogens with zero attached hydrogens (tertiary/aromatic N) is 4. The van der Waals surface area contributed by atoms with Crippen LogP contribution in [0.1, 0.15) is 17.4 Å². The number of rotatable bonds is 7. The van der Waals surface area contributed by atoms with Gasteiger partial charge in [0.2, 0.25) is 0 Å². The molecule has 2 aromatic rings. The molecule has 0 radical (unpaired) electrons. The highest BCUT2D eigenvalue weighted by atomic mass is 16.5. The van der Waals surface area contributed by atoms with Gasteiger partial charge in [0.05, 0.1) is 7.11 Å². The summed E-state index contributed by atoms with van der Waals surface area (Å²) in [6, 6.07) is 1.87. The molecule has 0 fully saturated rings. The van der Waals surface area contributed by atoms with E-state index in [1.165, 1.54) is 13.4 Å². The van der Waals surface area contributed by atoms with Crippen LogP contribution in [0.15, 0.2) is 24.8 Å². The second-order valence-corrected chi connectivity index (χ2v) is 4.62. The number of aromatic carboxylic acids is 1. The fraction of sp³-hybridized carbons (Fsp3) is 0.385. The summed E-state index contributed by atoms with van der Waals surface area (Å²) >= 11 is 0. The van der Waals surface area contributed by atoms with Gasteiger partial charge in [0.15, 0.2) is 17.3 Å². The van der Waals surface area contributed by atoms with E-state index >= 15 is 0 Å². The number of ether oxygens (including phenoxy) is 1. The Morgan fingerprint density at radius 1 is 1.52 bits per heavy atom. The van der Waals surface area contributed by atoms with Crippen molar-refractivity contribution in [3.05, 3.63) is 30.5 Å². The number of anilines is 1. The Morgan fingerprint density at radius 2 is 2.33 bits per heavy atom. The number of hydrogen-bond donors (Lipinski definition) is 2. The van der Waals surface area contributed by atoms with Crippen molar-refractivity contribution < 1.29 is 14.6 Å². The number of aromatic nitrogens is 4. The van der Waals surface area contributed by atoms with Crippen molar-refractivity contribution in [1.82, 2.24) is 19.7 Å². The van der Waals surface area contributed by atoms with E-state index in [0.717, 1.165) is 6.54 Å². The van der Waals surface area contributed by atoms with Gasteiger partial charge in [-0.2, -0.15) is 5.10 Å². The first-order valence-corrected chi connectivity index (χ1v) is 6.45. The molecule has 8 heteroatoms. The van der Waals surface area contributed by atoms with Gasteiger partial charge in [-0.15, -0.1) is 0 Å². The first-order chi connectivity index (χ1) is 10.1. The van der Waals surface area contributed by atoms with Crippen LogP contribution in [0.5, 0.6) is 5.75 Å². The van der Waals surface area contributed by atoms with Crippen molar-refractivity contribution >= 4 is 11.8 Å². The minimum absolute atomic E-state index is 0.135. The molecule has 0 spiro atoms. The Balaban J connectivity index is 2.02. The lowest BCUT2D eigenvalue weighted by molar-refractivity contribution is 0.0686. The molecule has 112 valence electrons. The van der Waals surface area contributed by atoms with Gasteiger partial charge in [-0.25, -0.2) is 14.8 Å². The Hall–Kier alpha value is -2.64. The summed E-state index contributed by atoms with van der Waals surface area (Å²) in [5.74, 6) is -0.367. The van der Waals surface area contributed by atoms with E-state index in [9.17, 15) is 4.79 Å². The molecule has 2 rings (SSSR count). The Labute approximate surface area is 121 Å². The summed E-state index contributed by atoms with van der Waals surface area (Å²) in [4.78, 5) is 18.8. The van der Waals surface area contributed by atoms with E-state index in [2.05, 4.69) is 27.3 Å². The molecule has 0 saturated carbocycles. The second-order valence-electron chi connectivity index (χ2n) is 4.62. The van der Waals surface area contributed by atoms with Crippen molar-refractivity contribution in [3.63, 3.8) is 0 Å². The van der Waals surface area contributed by atoms with Crippen molar-refractivity contribution in [3.8, 4) is 5.75 Å². The Bertz CT molecular complexity index is 600. The highest BCUT2D eigenvalue weighted by Crippen LogP contribution is 2.24. The van der Waals surface area contributed by atoms with E-state index < -0.39 is 5.97 Å². The SMILES string of the molecule is COc1c(NCC(C)Cn2cccn2)ncnc1C(=O)O. The molecule has 0 aliphatic carbocycles. The van der Waals surface area contributed by atoms with Crippen LogP contribution < -0.4 is 10.1 Å². The fourth-order valence-corrected chi connectivity index (χ4v) is 1.91. The van der Waals surface area contributed by atoms with Crippen molar-refractivity contribution in [2.45, 2.75) is 13.5 Å². The predicted molar refractivity (Wildman–Crippen MR) is 75.4 cm³/mol. The lowest BCUT2D eigenvalue weighted by Crippen LogP contribution is -2.19. The second kappa shape index (κ2) is 6.69. The lowest BCUT2D eigenvalue weighted by Gasteiger charge is -2.15. The molecule has 2 N–H and O–H groups in total. The smallest absolute Gasteiger partial charge is 0.358 e. The average molecular weight is 291 g/mol. The van der Waals surface area contributed by atoms with Crippen LogP contribution in [0.4, 0.5) is 5.82 Å². The Kier molecular flexibility index (Phi) is 4.70. The summed E-state index contributed by atoms with van der Waals surface area (Å²) in [5, 5.41) is 16.3. The number of methoxy groups -OCH3 is 1. The molecule has 0 aliphatic rings. The predicted octanol–water partition coefficient (Wildman–Crippen LogP) is 1.13. The molecule has 0 amide bonds. The Morgan fingerprint density at radius 3 is 2.95 bits per heavy atom. The fourth-order valence-electron chi connectivity index (χ4n) is 1.91. The summed E-state index contributed by atoms with van der Waals surface area (Å²) in [6.45, 7) is 3.41. The van der Waals surface area contributed by atoms with E-state index in [1.807, 2.05) is 16.9 Å². The van der Waals surface area contributed by atoms with Crippen LogP contribution in [0.2, 0.25) is 0 Å². The van der Waals surface area contributed by atoms with Gasteiger partial charge < -0.3 is 15.2 Å². The molecule has 0 aromatic carbocycles. The van der Waals surface area contributed by atoms with Gasteiger partial charge in [0.1, 0.15) is 6.33 Å². The summed E-state index contributed by atoms with van der Waals surface area (Å²) in [5.41, 5.74) is -0.158. The van der Waals surface area contributed by atoms with Crippen molar-refractivity contribution in [1.29, 1.82) is 0 Å². The zero-order valence-corrected chi connectivity index (χ0v) is 11.9. The topological polar surface area (TPSA) is 102 Å². The number of hydrogen-bond acceptors (Lipinski definition) is 6. The van der Waals surface area contributed by atoms with Crippen molar-refractivity contribution in [2.75, 3.05) is 19.0 Å². The monoisotopic (exact) mass is 291 g/mol. The van der Waals surface area contributed by atoms with Crippen LogP contribution in [-0.4, -0.2) is 44.5 Å². The largest absolute Gasteiger partial charge is 0.491 e. The standard InChI is InChI=1S/C13H17N5O3/c1-9(7-18-5-3-4-17-18)6-14-12-11(21-2)10(13(19)20)15-8-16-12/h3-5,8-9H,6-7H2,1-2H3,(H,19,20)(H,14,15,16). The first-order valence-electron chi connectivity index (χ1n) is 6.45. The molecular weight excluding hydrogens is 274 g/mol. The molecule has 21 heavy (non-hydrogen) atoms. The maximum Gasteiger partial charge on any atom is 0.358 e. The molecule has 8 nitrogen and oxygen atoms in total. The quantitative estimate of drug-likeness (QED) is 0.788. The highest BCUT2D eigenvalue weighted by Gasteiger charge is 2.18. The zero-order chi connectivity index (χ0) is 15.2. The minimum Gasteiger partial charge on any atom is -0.491 e. The van der Waals surface area contributed by atoms with E-state index in [-0.39, 0.29) is 17.4 Å². The number of carboxylic acids is 1. The van der Waals surface area contributed by atoms with Gasteiger partial charge in [-0.3, -0.25) is 4.68 Å². The molecule has 0 aliphatic heterocycles. The number of carbonyl (C=O) groups is 1. The van der Waals surface area contributed by atoms with Crippen LogP contribution in [0, 0.1) is 5.92 Å². The van der Waals surface area contributed by atoms with Gasteiger partial charge in [0.25, 0.3) is 0 Å². The molecule has 2 heterocycles. The minimum atomic E-state index is -1.15. The van der Waals surface area contributed by atoms with Gasteiger partial charge >= 0.3 is 5.97 Å². The van der Waals surface area contributed by atoms with E-state index in [1.54, 1.807) is 6.20 Å². The van der Waals surface area contributed by atoms with Gasteiger partial charge in [-0.1, -0.05) is 6.92 Å². The van der Waals surface area contributed by atoms with E-state index in [0.29, 0.717) is 12.4 Å². The third-order valence-corrected chi connectivity index (χ3v) is 2.89. The number of nitrogens with one attached hydrogen (secondary N) is 1. The number of carboxylic acid groups (broad SMARTS) is 1.